The minimum absolute atomic E-state index is 0.0640. The normalized spacial score (nSPS) is 10.2. The smallest absolute Gasteiger partial charge is 0.358 e. The second kappa shape index (κ2) is 4.94. The molecule has 0 unspecified atom stereocenters. The van der Waals surface area contributed by atoms with Crippen molar-refractivity contribution in [2.45, 2.75) is 11.8 Å². The number of nitro groups is 1. The van der Waals surface area contributed by atoms with Crippen LogP contribution in [0.3, 0.4) is 0 Å². The largest absolute Gasteiger partial charge is 0.368 e. The van der Waals surface area contributed by atoms with Crippen molar-refractivity contribution in [2.24, 2.45) is 0 Å². The molecule has 0 N–H and O–H groups in total. The lowest BCUT2D eigenvalue weighted by Gasteiger charge is -2.02. The van der Waals surface area contributed by atoms with Crippen molar-refractivity contribution >= 4 is 21.7 Å². The summed E-state index contributed by atoms with van der Waals surface area (Å²) in [6.45, 7) is 0. The molecular formula is C8H4BrF2N3O2. The molecule has 0 aliphatic rings. The molecule has 1 heterocycles. The van der Waals surface area contributed by atoms with E-state index in [4.69, 9.17) is 5.26 Å². The molecule has 0 bridgehead atoms. The molecule has 1 rings (SSSR count). The Hall–Kier alpha value is -1.62. The van der Waals surface area contributed by atoms with E-state index in [9.17, 15) is 18.9 Å². The van der Waals surface area contributed by atoms with E-state index in [0.29, 0.717) is 0 Å². The Morgan fingerprint density at radius 3 is 2.69 bits per heavy atom. The Balaban J connectivity index is 3.48. The Kier molecular flexibility index (Phi) is 3.84. The van der Waals surface area contributed by atoms with Crippen LogP contribution in [0.15, 0.2) is 6.07 Å². The molecule has 8 heteroatoms. The van der Waals surface area contributed by atoms with Crippen LogP contribution in [0.4, 0.5) is 14.6 Å². The Morgan fingerprint density at radius 1 is 1.69 bits per heavy atom. The summed E-state index contributed by atoms with van der Waals surface area (Å²) in [6, 6.07) is 2.57. The van der Waals surface area contributed by atoms with Crippen molar-refractivity contribution in [1.29, 1.82) is 5.26 Å². The zero-order chi connectivity index (χ0) is 12.3. The lowest BCUT2D eigenvalue weighted by atomic mass is 10.1. The van der Waals surface area contributed by atoms with Gasteiger partial charge in [0.1, 0.15) is 11.6 Å². The number of pyridine rings is 1. The molecule has 0 atom stereocenters. The number of rotatable bonds is 3. The van der Waals surface area contributed by atoms with Gasteiger partial charge in [-0.3, -0.25) is 0 Å². The van der Waals surface area contributed by atoms with Crippen LogP contribution in [-0.2, 0) is 5.33 Å². The van der Waals surface area contributed by atoms with Gasteiger partial charge in [0, 0.05) is 5.33 Å². The molecule has 0 radical (unpaired) electrons. The first kappa shape index (κ1) is 12.4. The highest BCUT2D eigenvalue weighted by Gasteiger charge is 2.26. The van der Waals surface area contributed by atoms with Crippen molar-refractivity contribution in [3.8, 4) is 6.07 Å². The summed E-state index contributed by atoms with van der Waals surface area (Å²) in [5, 5.41) is 19.2. The van der Waals surface area contributed by atoms with Crippen molar-refractivity contribution in [3.63, 3.8) is 0 Å². The van der Waals surface area contributed by atoms with Gasteiger partial charge >= 0.3 is 12.2 Å². The lowest BCUT2D eigenvalue weighted by Crippen LogP contribution is -2.04. The maximum absolute atomic E-state index is 12.4. The summed E-state index contributed by atoms with van der Waals surface area (Å²) in [5.41, 5.74) is -1.13. The van der Waals surface area contributed by atoms with E-state index in [2.05, 4.69) is 20.9 Å². The van der Waals surface area contributed by atoms with E-state index >= 15 is 0 Å². The van der Waals surface area contributed by atoms with Gasteiger partial charge < -0.3 is 10.1 Å². The molecule has 0 fully saturated rings. The van der Waals surface area contributed by atoms with E-state index < -0.39 is 22.9 Å². The fraction of sp³-hybridized carbons (Fsp3) is 0.250. The van der Waals surface area contributed by atoms with Gasteiger partial charge in [-0.05, 0) is 16.0 Å². The molecule has 0 aliphatic carbocycles. The standard InChI is InChI=1S/C8H4BrF2N3O2/c9-2-4-1-5(3-12)6(7(10)11)13-8(4)14(15)16/h1,7H,2H2. The summed E-state index contributed by atoms with van der Waals surface area (Å²) in [4.78, 5) is 12.9. The maximum Gasteiger partial charge on any atom is 0.368 e. The number of halogens is 3. The lowest BCUT2D eigenvalue weighted by molar-refractivity contribution is -0.390. The Labute approximate surface area is 97.0 Å². The van der Waals surface area contributed by atoms with Crippen LogP contribution >= 0.6 is 15.9 Å². The molecule has 16 heavy (non-hydrogen) atoms. The number of aromatic nitrogens is 1. The number of hydrogen-bond donors (Lipinski definition) is 0. The molecule has 0 saturated carbocycles. The predicted octanol–water partition coefficient (Wildman–Crippen LogP) is 2.69. The number of alkyl halides is 3. The van der Waals surface area contributed by atoms with E-state index in [1.165, 1.54) is 6.07 Å². The fourth-order valence-electron chi connectivity index (χ4n) is 1.07. The first-order valence-electron chi connectivity index (χ1n) is 3.93. The van der Waals surface area contributed by atoms with Crippen LogP contribution in [0.2, 0.25) is 0 Å². The van der Waals surface area contributed by atoms with Gasteiger partial charge in [-0.15, -0.1) is 0 Å². The third-order valence-electron chi connectivity index (χ3n) is 1.75. The highest BCUT2D eigenvalue weighted by Crippen LogP contribution is 2.27. The molecule has 0 saturated heterocycles. The summed E-state index contributed by atoms with van der Waals surface area (Å²) >= 11 is 2.96. The molecule has 1 aromatic rings. The van der Waals surface area contributed by atoms with Crippen LogP contribution in [0.1, 0.15) is 23.2 Å². The monoisotopic (exact) mass is 291 g/mol. The summed E-state index contributed by atoms with van der Waals surface area (Å²) < 4.78 is 24.9. The molecule has 0 aromatic carbocycles. The van der Waals surface area contributed by atoms with Gasteiger partial charge in [0.25, 0.3) is 0 Å². The SMILES string of the molecule is N#Cc1cc(CBr)c([N+](=O)[O-])nc1C(F)F. The summed E-state index contributed by atoms with van der Waals surface area (Å²) in [6.07, 6.45) is -3.02. The molecule has 84 valence electrons. The third kappa shape index (κ3) is 2.30. The second-order valence-corrected chi connectivity index (χ2v) is 3.27. The highest BCUT2D eigenvalue weighted by molar-refractivity contribution is 9.08. The molecule has 0 spiro atoms. The van der Waals surface area contributed by atoms with Crippen molar-refractivity contribution in [1.82, 2.24) is 4.98 Å². The van der Waals surface area contributed by atoms with Crippen molar-refractivity contribution in [3.05, 3.63) is 33.0 Å². The van der Waals surface area contributed by atoms with Gasteiger partial charge in [0.15, 0.2) is 0 Å². The molecule has 0 aliphatic heterocycles. The number of nitriles is 1. The van der Waals surface area contributed by atoms with E-state index in [1.54, 1.807) is 0 Å². The minimum atomic E-state index is -3.02. The van der Waals surface area contributed by atoms with Crippen LogP contribution in [0.25, 0.3) is 0 Å². The first-order valence-corrected chi connectivity index (χ1v) is 5.05. The number of hydrogen-bond acceptors (Lipinski definition) is 4. The van der Waals surface area contributed by atoms with Crippen LogP contribution < -0.4 is 0 Å². The van der Waals surface area contributed by atoms with Gasteiger partial charge in [-0.25, -0.2) is 8.78 Å². The predicted molar refractivity (Wildman–Crippen MR) is 53.2 cm³/mol. The summed E-state index contributed by atoms with van der Waals surface area (Å²) in [5.74, 6) is -0.661. The van der Waals surface area contributed by atoms with Crippen LogP contribution in [-0.4, -0.2) is 9.91 Å². The molecule has 1 aromatic heterocycles. The third-order valence-corrected chi connectivity index (χ3v) is 2.36. The number of nitrogens with zero attached hydrogens (tertiary/aromatic N) is 3. The minimum Gasteiger partial charge on any atom is -0.358 e. The molecule has 5 nitrogen and oxygen atoms in total. The van der Waals surface area contributed by atoms with Gasteiger partial charge in [-0.2, -0.15) is 5.26 Å². The van der Waals surface area contributed by atoms with Gasteiger partial charge in [0.05, 0.1) is 5.56 Å². The Bertz CT molecular complexity index is 473. The van der Waals surface area contributed by atoms with E-state index in [0.717, 1.165) is 6.07 Å². The molecule has 0 amide bonds. The molecular weight excluding hydrogens is 288 g/mol. The second-order valence-electron chi connectivity index (χ2n) is 2.71. The van der Waals surface area contributed by atoms with E-state index in [1.807, 2.05) is 0 Å². The van der Waals surface area contributed by atoms with Crippen molar-refractivity contribution in [2.75, 3.05) is 0 Å². The van der Waals surface area contributed by atoms with Gasteiger partial charge in [0.2, 0.25) is 5.69 Å². The van der Waals surface area contributed by atoms with Crippen LogP contribution in [0.5, 0.6) is 0 Å². The zero-order valence-electron chi connectivity index (χ0n) is 7.65. The highest BCUT2D eigenvalue weighted by atomic mass is 79.9. The Morgan fingerprint density at radius 2 is 2.31 bits per heavy atom. The van der Waals surface area contributed by atoms with E-state index in [-0.39, 0.29) is 16.5 Å². The quantitative estimate of drug-likeness (QED) is 0.487. The summed E-state index contributed by atoms with van der Waals surface area (Å²) in [7, 11) is 0. The van der Waals surface area contributed by atoms with Crippen LogP contribution in [0, 0.1) is 21.4 Å². The average Bonchev–Trinajstić information content (AvgIpc) is 2.26. The maximum atomic E-state index is 12.4. The fourth-order valence-corrected chi connectivity index (χ4v) is 1.48. The van der Waals surface area contributed by atoms with Crippen molar-refractivity contribution < 1.29 is 13.7 Å². The first-order chi connectivity index (χ1) is 7.51. The average molecular weight is 292 g/mol. The topological polar surface area (TPSA) is 79.8 Å². The zero-order valence-corrected chi connectivity index (χ0v) is 9.24. The van der Waals surface area contributed by atoms with Gasteiger partial charge in [-0.1, -0.05) is 15.9 Å².